The standard InChI is InChI=1S/C34H43F2N3O/c1-6-10-11-13-24(12-7-2)25-14-16-26(17-15-25)34(40)39-33-29(23(5)37-31(33)9-4)20-19-28(8-3)38-32-21-18-27(35)22-30(32)36/h8,14-22,24,37-38H,6-7,9-13H2,1-5H3,(H,39,40)/b20-19-,28-8-. The maximum atomic E-state index is 14.2. The first-order valence-corrected chi connectivity index (χ1v) is 14.5. The molecule has 0 bridgehead atoms. The predicted molar refractivity (Wildman–Crippen MR) is 164 cm³/mol. The maximum absolute atomic E-state index is 14.2. The number of halogens is 2. The summed E-state index contributed by atoms with van der Waals surface area (Å²) in [4.78, 5) is 16.7. The van der Waals surface area contributed by atoms with Crippen LogP contribution in [0.4, 0.5) is 20.2 Å². The van der Waals surface area contributed by atoms with E-state index in [0.29, 0.717) is 17.2 Å². The van der Waals surface area contributed by atoms with Crippen molar-refractivity contribution in [1.82, 2.24) is 4.98 Å². The second kappa shape index (κ2) is 15.2. The summed E-state index contributed by atoms with van der Waals surface area (Å²) in [5.41, 5.74) is 6.16. The van der Waals surface area contributed by atoms with Crippen molar-refractivity contribution in [3.63, 3.8) is 0 Å². The van der Waals surface area contributed by atoms with Crippen LogP contribution in [0.1, 0.15) is 105 Å². The molecule has 0 aliphatic rings. The smallest absolute Gasteiger partial charge is 0.255 e. The minimum Gasteiger partial charge on any atom is -0.360 e. The maximum Gasteiger partial charge on any atom is 0.255 e. The van der Waals surface area contributed by atoms with Gasteiger partial charge in [-0.25, -0.2) is 8.78 Å². The molecule has 3 rings (SSSR count). The van der Waals surface area contributed by atoms with Crippen LogP contribution in [0.25, 0.3) is 6.08 Å². The van der Waals surface area contributed by atoms with Crippen LogP contribution in [0, 0.1) is 18.6 Å². The molecule has 6 heteroatoms. The Hall–Kier alpha value is -3.67. The Morgan fingerprint density at radius 3 is 2.35 bits per heavy atom. The minimum atomic E-state index is -0.667. The van der Waals surface area contributed by atoms with E-state index in [1.165, 1.54) is 43.4 Å². The first kappa shape index (κ1) is 30.9. The molecule has 4 nitrogen and oxygen atoms in total. The van der Waals surface area contributed by atoms with E-state index in [1.54, 1.807) is 6.08 Å². The lowest BCUT2D eigenvalue weighted by molar-refractivity contribution is 0.102. The summed E-state index contributed by atoms with van der Waals surface area (Å²) in [6.07, 6.45) is 13.4. The van der Waals surface area contributed by atoms with Gasteiger partial charge in [0.05, 0.1) is 11.4 Å². The van der Waals surface area contributed by atoms with Gasteiger partial charge < -0.3 is 15.6 Å². The van der Waals surface area contributed by atoms with Gasteiger partial charge in [-0.1, -0.05) is 64.7 Å². The highest BCUT2D eigenvalue weighted by atomic mass is 19.1. The molecule has 1 atom stereocenters. The Bertz CT molecular complexity index is 1320. The van der Waals surface area contributed by atoms with E-state index < -0.39 is 11.6 Å². The number of hydrogen-bond acceptors (Lipinski definition) is 2. The number of benzene rings is 2. The summed E-state index contributed by atoms with van der Waals surface area (Å²) < 4.78 is 27.5. The van der Waals surface area contributed by atoms with E-state index in [0.717, 1.165) is 48.0 Å². The Morgan fingerprint density at radius 1 is 0.975 bits per heavy atom. The van der Waals surface area contributed by atoms with Gasteiger partial charge in [0.1, 0.15) is 11.6 Å². The fraction of sp³-hybridized carbons (Fsp3) is 0.382. The van der Waals surface area contributed by atoms with Gasteiger partial charge in [-0.15, -0.1) is 0 Å². The van der Waals surface area contributed by atoms with Crippen LogP contribution in [0.3, 0.4) is 0 Å². The number of aryl methyl sites for hydroxylation is 2. The molecule has 2 aromatic carbocycles. The van der Waals surface area contributed by atoms with E-state index >= 15 is 0 Å². The van der Waals surface area contributed by atoms with Crippen LogP contribution in [0.2, 0.25) is 0 Å². The zero-order valence-electron chi connectivity index (χ0n) is 24.5. The lowest BCUT2D eigenvalue weighted by Gasteiger charge is -2.17. The number of nitrogens with one attached hydrogen (secondary N) is 3. The molecule has 214 valence electrons. The van der Waals surface area contributed by atoms with Gasteiger partial charge in [0.25, 0.3) is 5.91 Å². The van der Waals surface area contributed by atoms with Crippen molar-refractivity contribution in [2.24, 2.45) is 0 Å². The number of amides is 1. The number of unbranched alkanes of at least 4 members (excludes halogenated alkanes) is 2. The lowest BCUT2D eigenvalue weighted by Crippen LogP contribution is -2.13. The van der Waals surface area contributed by atoms with Gasteiger partial charge in [-0.05, 0) is 81.0 Å². The van der Waals surface area contributed by atoms with E-state index in [2.05, 4.69) is 41.6 Å². The zero-order chi connectivity index (χ0) is 29.1. The Balaban J connectivity index is 1.79. The molecule has 0 aliphatic heterocycles. The Labute approximate surface area is 238 Å². The van der Waals surface area contributed by atoms with Crippen molar-refractivity contribution in [3.8, 4) is 0 Å². The van der Waals surface area contributed by atoms with Crippen molar-refractivity contribution < 1.29 is 13.6 Å². The molecule has 0 spiro atoms. The van der Waals surface area contributed by atoms with Crippen LogP contribution in [0.15, 0.2) is 60.3 Å². The third-order valence-corrected chi connectivity index (χ3v) is 7.29. The minimum absolute atomic E-state index is 0.161. The molecule has 1 unspecified atom stereocenters. The first-order chi connectivity index (χ1) is 19.3. The molecule has 0 saturated carbocycles. The number of allylic oxidation sites excluding steroid dienone is 2. The number of carbonyl (C=O) groups is 1. The van der Waals surface area contributed by atoms with Crippen LogP contribution < -0.4 is 10.6 Å². The fourth-order valence-electron chi connectivity index (χ4n) is 5.01. The van der Waals surface area contributed by atoms with E-state index in [-0.39, 0.29) is 11.6 Å². The SMILES string of the molecule is C/C=C(/C=C\c1c(C)[nH]c(CC)c1NC(=O)c1ccc(C(CCC)CCCCC)cc1)Nc1ccc(F)cc1F. The number of rotatable bonds is 14. The monoisotopic (exact) mass is 547 g/mol. The number of aromatic nitrogens is 1. The molecule has 40 heavy (non-hydrogen) atoms. The molecule has 1 amide bonds. The number of hydrogen-bond donors (Lipinski definition) is 3. The second-order valence-electron chi connectivity index (χ2n) is 10.3. The number of carbonyl (C=O) groups excluding carboxylic acids is 1. The van der Waals surface area contributed by atoms with E-state index in [4.69, 9.17) is 0 Å². The molecular formula is C34H43F2N3O. The summed E-state index contributed by atoms with van der Waals surface area (Å²) in [7, 11) is 0. The molecule has 3 aromatic rings. The number of H-pyrrole nitrogens is 1. The van der Waals surface area contributed by atoms with Gasteiger partial charge in [0, 0.05) is 34.3 Å². The second-order valence-corrected chi connectivity index (χ2v) is 10.3. The average molecular weight is 548 g/mol. The summed E-state index contributed by atoms with van der Waals surface area (Å²) >= 11 is 0. The van der Waals surface area contributed by atoms with E-state index in [9.17, 15) is 13.6 Å². The van der Waals surface area contributed by atoms with Crippen LogP contribution in [-0.2, 0) is 6.42 Å². The molecule has 0 aliphatic carbocycles. The molecule has 1 aromatic heterocycles. The molecule has 0 saturated heterocycles. The van der Waals surface area contributed by atoms with Crippen LogP contribution >= 0.6 is 0 Å². The summed E-state index contributed by atoms with van der Waals surface area (Å²) in [5.74, 6) is -0.925. The van der Waals surface area contributed by atoms with Crippen molar-refractivity contribution in [2.45, 2.75) is 85.5 Å². The fourth-order valence-corrected chi connectivity index (χ4v) is 5.01. The molecular weight excluding hydrogens is 504 g/mol. The van der Waals surface area contributed by atoms with Gasteiger partial charge in [-0.3, -0.25) is 4.79 Å². The highest BCUT2D eigenvalue weighted by molar-refractivity contribution is 6.06. The van der Waals surface area contributed by atoms with Crippen LogP contribution in [-0.4, -0.2) is 10.9 Å². The quantitative estimate of drug-likeness (QED) is 0.139. The highest BCUT2D eigenvalue weighted by Crippen LogP contribution is 2.30. The summed E-state index contributed by atoms with van der Waals surface area (Å²) in [6.45, 7) is 10.3. The lowest BCUT2D eigenvalue weighted by atomic mass is 9.89. The van der Waals surface area contributed by atoms with E-state index in [1.807, 2.05) is 45.1 Å². The molecule has 3 N–H and O–H groups in total. The number of anilines is 2. The summed E-state index contributed by atoms with van der Waals surface area (Å²) in [5, 5.41) is 6.12. The van der Waals surface area contributed by atoms with Crippen molar-refractivity contribution >= 4 is 23.4 Å². The Morgan fingerprint density at radius 2 is 1.73 bits per heavy atom. The summed E-state index contributed by atoms with van der Waals surface area (Å²) in [6, 6.07) is 11.5. The highest BCUT2D eigenvalue weighted by Gasteiger charge is 2.17. The third-order valence-electron chi connectivity index (χ3n) is 7.29. The van der Waals surface area contributed by atoms with Gasteiger partial charge in [-0.2, -0.15) is 0 Å². The van der Waals surface area contributed by atoms with Crippen LogP contribution in [0.5, 0.6) is 0 Å². The predicted octanol–water partition coefficient (Wildman–Crippen LogP) is 9.91. The molecule has 0 radical (unpaired) electrons. The Kier molecular flexibility index (Phi) is 11.7. The van der Waals surface area contributed by atoms with Gasteiger partial charge in [0.2, 0.25) is 0 Å². The average Bonchev–Trinajstić information content (AvgIpc) is 3.25. The molecule has 0 fully saturated rings. The normalized spacial score (nSPS) is 12.6. The zero-order valence-corrected chi connectivity index (χ0v) is 24.5. The van der Waals surface area contributed by atoms with Crippen molar-refractivity contribution in [2.75, 3.05) is 10.6 Å². The van der Waals surface area contributed by atoms with Crippen molar-refractivity contribution in [3.05, 3.63) is 100 Å². The van der Waals surface area contributed by atoms with Gasteiger partial charge in [0.15, 0.2) is 0 Å². The largest absolute Gasteiger partial charge is 0.360 e. The molecule has 1 heterocycles. The first-order valence-electron chi connectivity index (χ1n) is 14.5. The topological polar surface area (TPSA) is 56.9 Å². The third kappa shape index (κ3) is 8.17. The van der Waals surface area contributed by atoms with Crippen molar-refractivity contribution in [1.29, 1.82) is 0 Å². The number of aromatic amines is 1. The van der Waals surface area contributed by atoms with Gasteiger partial charge >= 0.3 is 0 Å².